The molecule has 0 saturated carbocycles. The molecule has 18 heavy (non-hydrogen) atoms. The van der Waals surface area contributed by atoms with E-state index in [4.69, 9.17) is 11.2 Å². The van der Waals surface area contributed by atoms with E-state index in [0.29, 0.717) is 13.2 Å². The van der Waals surface area contributed by atoms with Gasteiger partial charge in [-0.15, -0.1) is 6.42 Å². The highest BCUT2D eigenvalue weighted by atomic mass is 16.5. The molecule has 1 rings (SSSR count). The van der Waals surface area contributed by atoms with Crippen LogP contribution in [0.3, 0.4) is 0 Å². The Labute approximate surface area is 108 Å². The number of carbonyl (C=O) groups is 1. The van der Waals surface area contributed by atoms with E-state index in [1.165, 1.54) is 0 Å². The van der Waals surface area contributed by atoms with Crippen LogP contribution in [0.15, 0.2) is 12.5 Å². The molecule has 0 aliphatic heterocycles. The van der Waals surface area contributed by atoms with E-state index in [-0.39, 0.29) is 5.97 Å². The quantitative estimate of drug-likeness (QED) is 0.581. The second-order valence-corrected chi connectivity index (χ2v) is 3.78. The molecule has 1 unspecified atom stereocenters. The maximum absolute atomic E-state index is 11.9. The molecular formula is C13H19N3O2. The summed E-state index contributed by atoms with van der Waals surface area (Å²) >= 11 is 0. The number of imidazole rings is 1. The van der Waals surface area contributed by atoms with Gasteiger partial charge in [-0.05, 0) is 13.3 Å². The van der Waals surface area contributed by atoms with Crippen molar-refractivity contribution >= 4 is 5.97 Å². The van der Waals surface area contributed by atoms with Crippen molar-refractivity contribution < 1.29 is 9.53 Å². The van der Waals surface area contributed by atoms with Gasteiger partial charge in [0, 0.05) is 6.54 Å². The number of carbonyl (C=O) groups excluding carboxylic acids is 1. The fraction of sp³-hybridized carbons (Fsp3) is 0.538. The normalized spacial score (nSPS) is 11.8. The van der Waals surface area contributed by atoms with Crippen LogP contribution in [-0.2, 0) is 16.1 Å². The largest absolute Gasteiger partial charge is 0.465 e. The van der Waals surface area contributed by atoms with E-state index in [0.717, 1.165) is 18.7 Å². The Hall–Kier alpha value is -1.80. The first-order chi connectivity index (χ1) is 8.74. The van der Waals surface area contributed by atoms with Gasteiger partial charge in [-0.2, -0.15) is 0 Å². The van der Waals surface area contributed by atoms with E-state index >= 15 is 0 Å². The highest BCUT2D eigenvalue weighted by Crippen LogP contribution is 2.15. The minimum atomic E-state index is -0.560. The van der Waals surface area contributed by atoms with Crippen molar-refractivity contribution in [3.63, 3.8) is 0 Å². The summed E-state index contributed by atoms with van der Waals surface area (Å²) in [5.41, 5.74) is 0.783. The SMILES string of the molecule is C#CCNC(C(=O)OCC)c1cncn1CCC. The maximum Gasteiger partial charge on any atom is 0.329 e. The molecule has 0 aliphatic rings. The third-order valence-corrected chi connectivity index (χ3v) is 2.44. The van der Waals surface area contributed by atoms with Crippen LogP contribution >= 0.6 is 0 Å². The lowest BCUT2D eigenvalue weighted by molar-refractivity contribution is -0.146. The first-order valence-electron chi connectivity index (χ1n) is 6.08. The lowest BCUT2D eigenvalue weighted by atomic mass is 10.2. The summed E-state index contributed by atoms with van der Waals surface area (Å²) in [4.78, 5) is 16.0. The van der Waals surface area contributed by atoms with Crippen molar-refractivity contribution in [1.82, 2.24) is 14.9 Å². The highest BCUT2D eigenvalue weighted by Gasteiger charge is 2.24. The lowest BCUT2D eigenvalue weighted by Gasteiger charge is -2.17. The zero-order valence-electron chi connectivity index (χ0n) is 10.8. The molecule has 0 fully saturated rings. The molecule has 1 atom stereocenters. The maximum atomic E-state index is 11.9. The van der Waals surface area contributed by atoms with E-state index in [1.54, 1.807) is 19.4 Å². The van der Waals surface area contributed by atoms with Gasteiger partial charge in [0.1, 0.15) is 6.04 Å². The molecule has 1 heterocycles. The van der Waals surface area contributed by atoms with Gasteiger partial charge in [0.15, 0.2) is 0 Å². The summed E-state index contributed by atoms with van der Waals surface area (Å²) in [5.74, 6) is 2.13. The van der Waals surface area contributed by atoms with Gasteiger partial charge in [0.2, 0.25) is 0 Å². The van der Waals surface area contributed by atoms with Gasteiger partial charge in [-0.3, -0.25) is 5.32 Å². The third-order valence-electron chi connectivity index (χ3n) is 2.44. The molecule has 1 N–H and O–H groups in total. The molecule has 1 aromatic heterocycles. The van der Waals surface area contributed by atoms with Crippen molar-refractivity contribution in [1.29, 1.82) is 0 Å². The molecule has 1 aromatic rings. The van der Waals surface area contributed by atoms with Gasteiger partial charge >= 0.3 is 5.97 Å². The van der Waals surface area contributed by atoms with Gasteiger partial charge in [0.05, 0.1) is 31.4 Å². The Morgan fingerprint density at radius 2 is 2.44 bits per heavy atom. The Balaban J connectivity index is 2.90. The minimum Gasteiger partial charge on any atom is -0.465 e. The number of rotatable bonds is 7. The molecule has 0 aliphatic carbocycles. The minimum absolute atomic E-state index is 0.306. The second-order valence-electron chi connectivity index (χ2n) is 3.78. The second kappa shape index (κ2) is 7.51. The average Bonchev–Trinajstić information content (AvgIpc) is 2.79. The van der Waals surface area contributed by atoms with E-state index in [2.05, 4.69) is 23.1 Å². The Bertz CT molecular complexity index is 420. The number of nitrogens with one attached hydrogen (secondary N) is 1. The molecule has 0 saturated heterocycles. The summed E-state index contributed by atoms with van der Waals surface area (Å²) in [5, 5.41) is 2.98. The van der Waals surface area contributed by atoms with Gasteiger partial charge in [-0.1, -0.05) is 12.8 Å². The van der Waals surface area contributed by atoms with Crippen LogP contribution in [0.25, 0.3) is 0 Å². The smallest absolute Gasteiger partial charge is 0.329 e. The Morgan fingerprint density at radius 3 is 3.06 bits per heavy atom. The molecule has 98 valence electrons. The monoisotopic (exact) mass is 249 g/mol. The van der Waals surface area contributed by atoms with Crippen molar-refractivity contribution in [3.05, 3.63) is 18.2 Å². The van der Waals surface area contributed by atoms with Crippen LogP contribution in [0.5, 0.6) is 0 Å². The molecular weight excluding hydrogens is 230 g/mol. The molecule has 0 bridgehead atoms. The van der Waals surface area contributed by atoms with Crippen LogP contribution in [0, 0.1) is 12.3 Å². The summed E-state index contributed by atoms with van der Waals surface area (Å²) < 4.78 is 6.98. The number of nitrogens with zero attached hydrogens (tertiary/aromatic N) is 2. The van der Waals surface area contributed by atoms with E-state index < -0.39 is 6.04 Å². The van der Waals surface area contributed by atoms with Crippen molar-refractivity contribution in [2.75, 3.05) is 13.2 Å². The number of hydrogen-bond donors (Lipinski definition) is 1. The number of ether oxygens (including phenoxy) is 1. The van der Waals surface area contributed by atoms with Crippen molar-refractivity contribution in [3.8, 4) is 12.3 Å². The highest BCUT2D eigenvalue weighted by molar-refractivity contribution is 5.77. The van der Waals surface area contributed by atoms with Gasteiger partial charge in [0.25, 0.3) is 0 Å². The van der Waals surface area contributed by atoms with Gasteiger partial charge in [-0.25, -0.2) is 9.78 Å². The van der Waals surface area contributed by atoms with Crippen LogP contribution in [0.4, 0.5) is 0 Å². The summed E-state index contributed by atoms with van der Waals surface area (Å²) in [6.07, 6.45) is 9.56. The van der Waals surface area contributed by atoms with Gasteiger partial charge < -0.3 is 9.30 Å². The molecule has 0 spiro atoms. The van der Waals surface area contributed by atoms with E-state index in [9.17, 15) is 4.79 Å². The third kappa shape index (κ3) is 3.60. The summed E-state index contributed by atoms with van der Waals surface area (Å²) in [6.45, 7) is 5.30. The van der Waals surface area contributed by atoms with Crippen LogP contribution in [-0.4, -0.2) is 28.7 Å². The van der Waals surface area contributed by atoms with Crippen molar-refractivity contribution in [2.45, 2.75) is 32.9 Å². The molecule has 0 radical (unpaired) electrons. The zero-order chi connectivity index (χ0) is 13.4. The Kier molecular flexibility index (Phi) is 5.95. The van der Waals surface area contributed by atoms with E-state index in [1.807, 2.05) is 4.57 Å². The molecule has 5 nitrogen and oxygen atoms in total. The van der Waals surface area contributed by atoms with Crippen LogP contribution in [0.2, 0.25) is 0 Å². The number of terminal acetylenes is 1. The predicted octanol–water partition coefficient (Wildman–Crippen LogP) is 1.12. The first kappa shape index (κ1) is 14.3. The topological polar surface area (TPSA) is 56.1 Å². The van der Waals surface area contributed by atoms with Crippen LogP contribution < -0.4 is 5.32 Å². The fourth-order valence-electron chi connectivity index (χ4n) is 1.69. The molecule has 0 aromatic carbocycles. The Morgan fingerprint density at radius 1 is 1.67 bits per heavy atom. The van der Waals surface area contributed by atoms with Crippen molar-refractivity contribution in [2.24, 2.45) is 0 Å². The summed E-state index contributed by atoms with van der Waals surface area (Å²) in [7, 11) is 0. The number of hydrogen-bond acceptors (Lipinski definition) is 4. The predicted molar refractivity (Wildman–Crippen MR) is 68.7 cm³/mol. The number of aromatic nitrogens is 2. The molecule has 0 amide bonds. The fourth-order valence-corrected chi connectivity index (χ4v) is 1.69. The summed E-state index contributed by atoms with van der Waals surface area (Å²) in [6, 6.07) is -0.560. The zero-order valence-corrected chi connectivity index (χ0v) is 10.8. The lowest BCUT2D eigenvalue weighted by Crippen LogP contribution is -2.32. The molecule has 5 heteroatoms. The number of esters is 1. The standard InChI is InChI=1S/C13H19N3O2/c1-4-7-15-12(13(17)18-6-3)11-9-14-10-16(11)8-5-2/h1,9-10,12,15H,5-8H2,2-3H3. The average molecular weight is 249 g/mol. The van der Waals surface area contributed by atoms with Crippen LogP contribution in [0.1, 0.15) is 32.0 Å². The number of aryl methyl sites for hydroxylation is 1. The first-order valence-corrected chi connectivity index (χ1v) is 6.08.